The highest BCUT2D eigenvalue weighted by Crippen LogP contribution is 2.36. The SMILES string of the molecule is CCc1c(C(=O)O)oc2c1C(N)CC2. The van der Waals surface area contributed by atoms with E-state index in [0.717, 1.165) is 29.7 Å². The van der Waals surface area contributed by atoms with E-state index >= 15 is 0 Å². The highest BCUT2D eigenvalue weighted by Gasteiger charge is 2.30. The summed E-state index contributed by atoms with van der Waals surface area (Å²) in [5.41, 5.74) is 7.59. The van der Waals surface area contributed by atoms with Crippen LogP contribution in [0.15, 0.2) is 4.42 Å². The molecule has 1 aromatic rings. The van der Waals surface area contributed by atoms with Gasteiger partial charge in [0.05, 0.1) is 0 Å². The number of furan rings is 1. The maximum Gasteiger partial charge on any atom is 0.372 e. The van der Waals surface area contributed by atoms with Crippen LogP contribution >= 0.6 is 0 Å². The van der Waals surface area contributed by atoms with Crippen LogP contribution in [0.5, 0.6) is 0 Å². The minimum Gasteiger partial charge on any atom is -0.475 e. The van der Waals surface area contributed by atoms with Gasteiger partial charge >= 0.3 is 5.97 Å². The van der Waals surface area contributed by atoms with E-state index in [-0.39, 0.29) is 11.8 Å². The van der Waals surface area contributed by atoms with Gasteiger partial charge in [0.1, 0.15) is 5.76 Å². The van der Waals surface area contributed by atoms with Crippen molar-refractivity contribution in [3.8, 4) is 0 Å². The molecular weight excluding hydrogens is 182 g/mol. The maximum atomic E-state index is 10.9. The van der Waals surface area contributed by atoms with Crippen LogP contribution < -0.4 is 5.73 Å². The van der Waals surface area contributed by atoms with Gasteiger partial charge in [-0.3, -0.25) is 0 Å². The van der Waals surface area contributed by atoms with Gasteiger partial charge in [0.15, 0.2) is 0 Å². The first-order valence-corrected chi connectivity index (χ1v) is 4.78. The molecule has 0 spiro atoms. The third-order valence-electron chi connectivity index (χ3n) is 2.73. The lowest BCUT2D eigenvalue weighted by atomic mass is 10.0. The Kier molecular flexibility index (Phi) is 2.07. The van der Waals surface area contributed by atoms with E-state index in [2.05, 4.69) is 0 Å². The van der Waals surface area contributed by atoms with Crippen LogP contribution in [0.2, 0.25) is 0 Å². The summed E-state index contributed by atoms with van der Waals surface area (Å²) in [6, 6.07) is -0.0446. The summed E-state index contributed by atoms with van der Waals surface area (Å²) in [7, 11) is 0. The van der Waals surface area contributed by atoms with Crippen molar-refractivity contribution >= 4 is 5.97 Å². The van der Waals surface area contributed by atoms with Crippen molar-refractivity contribution in [2.24, 2.45) is 5.73 Å². The molecule has 3 N–H and O–H groups in total. The highest BCUT2D eigenvalue weighted by molar-refractivity contribution is 5.87. The van der Waals surface area contributed by atoms with Crippen LogP contribution in [0.4, 0.5) is 0 Å². The Labute approximate surface area is 81.7 Å². The van der Waals surface area contributed by atoms with Crippen molar-refractivity contribution in [1.82, 2.24) is 0 Å². The molecule has 0 fully saturated rings. The van der Waals surface area contributed by atoms with Crippen LogP contribution in [0, 0.1) is 0 Å². The summed E-state index contributed by atoms with van der Waals surface area (Å²) < 4.78 is 5.30. The van der Waals surface area contributed by atoms with Crippen molar-refractivity contribution < 1.29 is 14.3 Å². The Balaban J connectivity index is 2.57. The van der Waals surface area contributed by atoms with Crippen LogP contribution in [0.3, 0.4) is 0 Å². The van der Waals surface area contributed by atoms with E-state index in [1.165, 1.54) is 0 Å². The fourth-order valence-corrected chi connectivity index (χ4v) is 2.10. The van der Waals surface area contributed by atoms with Gasteiger partial charge in [-0.25, -0.2) is 4.79 Å². The van der Waals surface area contributed by atoms with Crippen LogP contribution in [-0.4, -0.2) is 11.1 Å². The van der Waals surface area contributed by atoms with Crippen LogP contribution in [-0.2, 0) is 12.8 Å². The first-order chi connectivity index (χ1) is 6.65. The van der Waals surface area contributed by atoms with Gasteiger partial charge in [-0.15, -0.1) is 0 Å². The molecule has 0 aliphatic heterocycles. The summed E-state index contributed by atoms with van der Waals surface area (Å²) >= 11 is 0. The van der Waals surface area contributed by atoms with E-state index in [1.807, 2.05) is 6.92 Å². The van der Waals surface area contributed by atoms with Gasteiger partial charge in [-0.2, -0.15) is 0 Å². The topological polar surface area (TPSA) is 76.5 Å². The second-order valence-corrected chi connectivity index (χ2v) is 3.55. The van der Waals surface area contributed by atoms with Gasteiger partial charge in [-0.1, -0.05) is 6.92 Å². The molecule has 1 aliphatic carbocycles. The zero-order chi connectivity index (χ0) is 10.3. The summed E-state index contributed by atoms with van der Waals surface area (Å²) in [5.74, 6) is -0.150. The molecule has 1 aromatic heterocycles. The van der Waals surface area contributed by atoms with E-state index in [9.17, 15) is 4.79 Å². The summed E-state index contributed by atoms with van der Waals surface area (Å²) in [4.78, 5) is 10.9. The highest BCUT2D eigenvalue weighted by atomic mass is 16.4. The van der Waals surface area contributed by atoms with Crippen molar-refractivity contribution in [1.29, 1.82) is 0 Å². The molecule has 0 aromatic carbocycles. The number of carboxylic acid groups (broad SMARTS) is 1. The predicted octanol–water partition coefficient (Wildman–Crippen LogP) is 1.49. The van der Waals surface area contributed by atoms with Gasteiger partial charge < -0.3 is 15.3 Å². The number of hydrogen-bond acceptors (Lipinski definition) is 3. The number of fused-ring (bicyclic) bond motifs is 1. The normalized spacial score (nSPS) is 19.7. The molecule has 0 radical (unpaired) electrons. The van der Waals surface area contributed by atoms with Crippen molar-refractivity contribution in [2.75, 3.05) is 0 Å². The maximum absolute atomic E-state index is 10.9. The van der Waals surface area contributed by atoms with E-state index < -0.39 is 5.97 Å². The largest absolute Gasteiger partial charge is 0.475 e. The quantitative estimate of drug-likeness (QED) is 0.749. The summed E-state index contributed by atoms with van der Waals surface area (Å²) in [6.07, 6.45) is 2.28. The molecular formula is C10H13NO3. The Hall–Kier alpha value is -1.29. The smallest absolute Gasteiger partial charge is 0.372 e. The van der Waals surface area contributed by atoms with Gasteiger partial charge in [0, 0.05) is 23.6 Å². The molecule has 4 nitrogen and oxygen atoms in total. The predicted molar refractivity (Wildman–Crippen MR) is 50.3 cm³/mol. The molecule has 0 saturated carbocycles. The molecule has 76 valence electrons. The van der Waals surface area contributed by atoms with Gasteiger partial charge in [0.25, 0.3) is 0 Å². The number of nitrogens with two attached hydrogens (primary N) is 1. The number of aryl methyl sites for hydroxylation is 1. The Morgan fingerprint density at radius 1 is 1.71 bits per heavy atom. The third-order valence-corrected chi connectivity index (χ3v) is 2.73. The van der Waals surface area contributed by atoms with Crippen molar-refractivity contribution in [3.63, 3.8) is 0 Å². The average Bonchev–Trinajstić information content (AvgIpc) is 2.66. The molecule has 1 unspecified atom stereocenters. The van der Waals surface area contributed by atoms with E-state index in [0.29, 0.717) is 6.42 Å². The first kappa shape index (κ1) is 9.27. The molecule has 0 bridgehead atoms. The molecule has 14 heavy (non-hydrogen) atoms. The molecule has 4 heteroatoms. The third kappa shape index (κ3) is 1.14. The number of carbonyl (C=O) groups is 1. The molecule has 0 saturated heterocycles. The number of rotatable bonds is 2. The number of aromatic carboxylic acids is 1. The lowest BCUT2D eigenvalue weighted by Gasteiger charge is -2.04. The molecule has 1 heterocycles. The van der Waals surface area contributed by atoms with Crippen LogP contribution in [0.1, 0.15) is 46.8 Å². The number of hydrogen-bond donors (Lipinski definition) is 2. The zero-order valence-corrected chi connectivity index (χ0v) is 8.04. The Morgan fingerprint density at radius 3 is 3.00 bits per heavy atom. The minimum atomic E-state index is -0.997. The first-order valence-electron chi connectivity index (χ1n) is 4.78. The lowest BCUT2D eigenvalue weighted by Crippen LogP contribution is -2.09. The Bertz CT molecular complexity index is 381. The van der Waals surface area contributed by atoms with E-state index in [4.69, 9.17) is 15.3 Å². The lowest BCUT2D eigenvalue weighted by molar-refractivity contribution is 0.0659. The standard InChI is InChI=1S/C10H13NO3/c1-2-5-8-6(11)3-4-7(8)14-9(5)10(12)13/h6H,2-4,11H2,1H3,(H,12,13). The molecule has 0 amide bonds. The molecule has 1 aliphatic rings. The molecule has 1 atom stereocenters. The zero-order valence-electron chi connectivity index (χ0n) is 8.04. The Morgan fingerprint density at radius 2 is 2.43 bits per heavy atom. The number of carboxylic acids is 1. The van der Waals surface area contributed by atoms with Crippen molar-refractivity contribution in [3.05, 3.63) is 22.6 Å². The minimum absolute atomic E-state index is 0.0446. The van der Waals surface area contributed by atoms with Gasteiger partial charge in [0.2, 0.25) is 5.76 Å². The fourth-order valence-electron chi connectivity index (χ4n) is 2.10. The summed E-state index contributed by atoms with van der Waals surface area (Å²) in [6.45, 7) is 1.92. The average molecular weight is 195 g/mol. The van der Waals surface area contributed by atoms with E-state index in [1.54, 1.807) is 0 Å². The van der Waals surface area contributed by atoms with Gasteiger partial charge in [-0.05, 0) is 12.8 Å². The molecule has 2 rings (SSSR count). The summed E-state index contributed by atoms with van der Waals surface area (Å²) in [5, 5.41) is 8.91. The fraction of sp³-hybridized carbons (Fsp3) is 0.500. The van der Waals surface area contributed by atoms with Crippen LogP contribution in [0.25, 0.3) is 0 Å². The second kappa shape index (κ2) is 3.13. The van der Waals surface area contributed by atoms with Crippen molar-refractivity contribution in [2.45, 2.75) is 32.2 Å². The monoisotopic (exact) mass is 195 g/mol. The second-order valence-electron chi connectivity index (χ2n) is 3.55.